The molecule has 13 heavy (non-hydrogen) atoms. The number of thiophene rings is 1. The molecule has 0 unspecified atom stereocenters. The van der Waals surface area contributed by atoms with Crippen LogP contribution in [0.25, 0.3) is 5.03 Å². The van der Waals surface area contributed by atoms with Gasteiger partial charge >= 0.3 is 0 Å². The molecule has 0 aliphatic heterocycles. The minimum Gasteiger partial charge on any atom is -0.142 e. The fraction of sp³-hybridized carbons (Fsp3) is 0.400. The molecule has 0 fully saturated rings. The van der Waals surface area contributed by atoms with E-state index >= 15 is 0 Å². The number of hydrogen-bond donors (Lipinski definition) is 0. The Morgan fingerprint density at radius 3 is 2.54 bits per heavy atom. The van der Waals surface area contributed by atoms with Gasteiger partial charge in [0.25, 0.3) is 0 Å². The van der Waals surface area contributed by atoms with Crippen LogP contribution in [0.15, 0.2) is 22.0 Å². The van der Waals surface area contributed by atoms with Crippen molar-refractivity contribution in [3.63, 3.8) is 0 Å². The lowest BCUT2D eigenvalue weighted by Crippen LogP contribution is -1.99. The molecule has 0 saturated carbocycles. The molecule has 0 bridgehead atoms. The van der Waals surface area contributed by atoms with Crippen molar-refractivity contribution >= 4 is 43.9 Å². The molecule has 0 nitrogen and oxygen atoms in total. The van der Waals surface area contributed by atoms with Gasteiger partial charge in [-0.2, -0.15) is 0 Å². The van der Waals surface area contributed by atoms with E-state index in [9.17, 15) is 0 Å². The quantitative estimate of drug-likeness (QED) is 0.668. The summed E-state index contributed by atoms with van der Waals surface area (Å²) in [5.41, 5.74) is 0.132. The first kappa shape index (κ1) is 11.3. The second-order valence-electron chi connectivity index (χ2n) is 3.99. The Morgan fingerprint density at radius 1 is 1.54 bits per heavy atom. The first-order valence-electron chi connectivity index (χ1n) is 4.01. The maximum Gasteiger partial charge on any atom is 0.0544 e. The molecule has 0 radical (unpaired) electrons. The van der Waals surface area contributed by atoms with E-state index in [1.54, 1.807) is 11.3 Å². The van der Waals surface area contributed by atoms with Gasteiger partial charge in [-0.1, -0.05) is 38.4 Å². The van der Waals surface area contributed by atoms with Gasteiger partial charge in [0.05, 0.1) is 5.03 Å². The summed E-state index contributed by atoms with van der Waals surface area (Å²) in [5, 5.41) is 2.87. The molecule has 0 spiro atoms. The zero-order valence-corrected chi connectivity index (χ0v) is 11.1. The van der Waals surface area contributed by atoms with Gasteiger partial charge < -0.3 is 0 Å². The van der Waals surface area contributed by atoms with Crippen molar-refractivity contribution in [2.75, 3.05) is 0 Å². The van der Waals surface area contributed by atoms with Crippen molar-refractivity contribution < 1.29 is 0 Å². The Labute approximate surface area is 96.7 Å². The maximum atomic E-state index is 6.15. The average Bonchev–Trinajstić information content (AvgIpc) is 2.31. The number of allylic oxidation sites excluding steroid dienone is 1. The molecular formula is C10H12BrClS. The summed E-state index contributed by atoms with van der Waals surface area (Å²) >= 11 is 11.2. The van der Waals surface area contributed by atoms with Crippen molar-refractivity contribution in [2.24, 2.45) is 5.41 Å². The second kappa shape index (κ2) is 4.16. The van der Waals surface area contributed by atoms with E-state index in [0.29, 0.717) is 0 Å². The summed E-state index contributed by atoms with van der Waals surface area (Å²) in [4.78, 5) is 1.11. The summed E-state index contributed by atoms with van der Waals surface area (Å²) in [6, 6.07) is 2.04. The Morgan fingerprint density at radius 2 is 2.15 bits per heavy atom. The molecule has 0 aliphatic rings. The summed E-state index contributed by atoms with van der Waals surface area (Å²) in [6.45, 7) is 6.41. The van der Waals surface area contributed by atoms with Gasteiger partial charge in [0, 0.05) is 14.7 Å². The van der Waals surface area contributed by atoms with Gasteiger partial charge in [-0.15, -0.1) is 11.3 Å². The largest absolute Gasteiger partial charge is 0.142 e. The third-order valence-electron chi connectivity index (χ3n) is 1.36. The van der Waals surface area contributed by atoms with E-state index in [1.807, 2.05) is 11.4 Å². The van der Waals surface area contributed by atoms with Crippen LogP contribution >= 0.6 is 38.9 Å². The Bertz CT molecular complexity index is 320. The van der Waals surface area contributed by atoms with E-state index in [4.69, 9.17) is 11.6 Å². The van der Waals surface area contributed by atoms with Gasteiger partial charge in [0.15, 0.2) is 0 Å². The van der Waals surface area contributed by atoms with Gasteiger partial charge in [0.2, 0.25) is 0 Å². The zero-order valence-electron chi connectivity index (χ0n) is 7.90. The van der Waals surface area contributed by atoms with Crippen LogP contribution in [-0.2, 0) is 0 Å². The highest BCUT2D eigenvalue weighted by molar-refractivity contribution is 9.10. The predicted octanol–water partition coefficient (Wildman–Crippen LogP) is 5.14. The van der Waals surface area contributed by atoms with Crippen LogP contribution in [-0.4, -0.2) is 0 Å². The van der Waals surface area contributed by atoms with Crippen molar-refractivity contribution in [2.45, 2.75) is 20.8 Å². The van der Waals surface area contributed by atoms with E-state index < -0.39 is 0 Å². The van der Waals surface area contributed by atoms with Crippen molar-refractivity contribution in [1.82, 2.24) is 0 Å². The molecule has 0 amide bonds. The van der Waals surface area contributed by atoms with Crippen LogP contribution in [0.4, 0.5) is 0 Å². The van der Waals surface area contributed by atoms with Crippen LogP contribution in [0.1, 0.15) is 25.6 Å². The predicted molar refractivity (Wildman–Crippen MR) is 65.3 cm³/mol. The van der Waals surface area contributed by atoms with Crippen molar-refractivity contribution in [3.8, 4) is 0 Å². The first-order chi connectivity index (χ1) is 5.88. The fourth-order valence-electron chi connectivity index (χ4n) is 0.890. The molecule has 0 aromatic carbocycles. The lowest BCUT2D eigenvalue weighted by atomic mass is 9.96. The van der Waals surface area contributed by atoms with Crippen LogP contribution in [0.2, 0.25) is 0 Å². The summed E-state index contributed by atoms with van der Waals surface area (Å²) < 4.78 is 1.09. The molecular weight excluding hydrogens is 268 g/mol. The molecule has 0 N–H and O–H groups in total. The minimum atomic E-state index is 0.132. The maximum absolute atomic E-state index is 6.15. The number of hydrogen-bond acceptors (Lipinski definition) is 1. The summed E-state index contributed by atoms with van der Waals surface area (Å²) in [5.74, 6) is 0. The summed E-state index contributed by atoms with van der Waals surface area (Å²) in [7, 11) is 0. The number of rotatable bonds is 1. The Kier molecular flexibility index (Phi) is 3.61. The molecule has 0 aliphatic carbocycles. The third kappa shape index (κ3) is 3.84. The average molecular weight is 280 g/mol. The highest BCUT2D eigenvalue weighted by Gasteiger charge is 2.09. The SMILES string of the molecule is CC(C)(C)/C=C(\Cl)c1cc(Br)cs1. The fourth-order valence-corrected chi connectivity index (χ4v) is 2.74. The van der Waals surface area contributed by atoms with Crippen LogP contribution in [0, 0.1) is 5.41 Å². The van der Waals surface area contributed by atoms with Crippen LogP contribution < -0.4 is 0 Å². The topological polar surface area (TPSA) is 0 Å². The van der Waals surface area contributed by atoms with E-state index in [2.05, 4.69) is 42.8 Å². The third-order valence-corrected chi connectivity index (χ3v) is 3.51. The van der Waals surface area contributed by atoms with E-state index in [0.717, 1.165) is 14.4 Å². The minimum absolute atomic E-state index is 0.132. The zero-order chi connectivity index (χ0) is 10.1. The molecule has 1 rings (SSSR count). The van der Waals surface area contributed by atoms with Gasteiger partial charge in [-0.05, 0) is 27.4 Å². The van der Waals surface area contributed by atoms with Crippen LogP contribution in [0.3, 0.4) is 0 Å². The van der Waals surface area contributed by atoms with Gasteiger partial charge in [-0.3, -0.25) is 0 Å². The normalized spacial score (nSPS) is 13.5. The Hall–Kier alpha value is 0.210. The standard InChI is InChI=1S/C10H12BrClS/c1-10(2,3)5-8(12)9-4-7(11)6-13-9/h4-6H,1-3H3/b8-5-. The van der Waals surface area contributed by atoms with Gasteiger partial charge in [0.1, 0.15) is 0 Å². The molecule has 1 aromatic rings. The van der Waals surface area contributed by atoms with Crippen molar-refractivity contribution in [3.05, 3.63) is 26.9 Å². The lowest BCUT2D eigenvalue weighted by Gasteiger charge is -2.12. The van der Waals surface area contributed by atoms with E-state index in [1.165, 1.54) is 0 Å². The molecule has 3 heteroatoms. The van der Waals surface area contributed by atoms with Crippen molar-refractivity contribution in [1.29, 1.82) is 0 Å². The molecule has 0 atom stereocenters. The molecule has 72 valence electrons. The summed E-state index contributed by atoms with van der Waals surface area (Å²) in [6.07, 6.45) is 2.08. The lowest BCUT2D eigenvalue weighted by molar-refractivity contribution is 0.546. The smallest absolute Gasteiger partial charge is 0.0544 e. The number of halogens is 2. The van der Waals surface area contributed by atoms with Crippen LogP contribution in [0.5, 0.6) is 0 Å². The first-order valence-corrected chi connectivity index (χ1v) is 6.06. The highest BCUT2D eigenvalue weighted by atomic mass is 79.9. The molecule has 1 aromatic heterocycles. The second-order valence-corrected chi connectivity index (χ2v) is 6.22. The molecule has 0 saturated heterocycles. The van der Waals surface area contributed by atoms with E-state index in [-0.39, 0.29) is 5.41 Å². The monoisotopic (exact) mass is 278 g/mol. The van der Waals surface area contributed by atoms with Gasteiger partial charge in [-0.25, -0.2) is 0 Å². The Balaban J connectivity index is 2.91. The molecule has 1 heterocycles. The highest BCUT2D eigenvalue weighted by Crippen LogP contribution is 2.32.